The lowest BCUT2D eigenvalue weighted by Gasteiger charge is -2.22. The highest BCUT2D eigenvalue weighted by molar-refractivity contribution is 5.89. The average Bonchev–Trinajstić information content (AvgIpc) is 3.21. The van der Waals surface area contributed by atoms with E-state index < -0.39 is 5.97 Å². The van der Waals surface area contributed by atoms with E-state index in [1.54, 1.807) is 23.2 Å². The summed E-state index contributed by atoms with van der Waals surface area (Å²) in [6, 6.07) is 9.04. The first-order valence-corrected chi connectivity index (χ1v) is 8.32. The molecule has 0 bridgehead atoms. The zero-order valence-electron chi connectivity index (χ0n) is 14.2. The van der Waals surface area contributed by atoms with Crippen LogP contribution in [0.4, 0.5) is 10.6 Å². The number of ether oxygens (including phenoxy) is 2. The van der Waals surface area contributed by atoms with Gasteiger partial charge in [0.1, 0.15) is 11.9 Å². The molecule has 8 nitrogen and oxygen atoms in total. The second kappa shape index (κ2) is 6.62. The number of esters is 1. The van der Waals surface area contributed by atoms with Gasteiger partial charge in [-0.15, -0.1) is 0 Å². The van der Waals surface area contributed by atoms with Gasteiger partial charge >= 0.3 is 12.1 Å². The Morgan fingerprint density at radius 2 is 2.15 bits per heavy atom. The Bertz CT molecular complexity index is 812. The van der Waals surface area contributed by atoms with Crippen molar-refractivity contribution in [2.24, 2.45) is 0 Å². The van der Waals surface area contributed by atoms with Crippen LogP contribution in [0.25, 0.3) is 0 Å². The van der Waals surface area contributed by atoms with Gasteiger partial charge in [-0.3, -0.25) is 9.88 Å². The lowest BCUT2D eigenvalue weighted by atomic mass is 10.2. The Labute approximate surface area is 150 Å². The van der Waals surface area contributed by atoms with E-state index in [1.165, 1.54) is 13.3 Å². The zero-order chi connectivity index (χ0) is 18.1. The van der Waals surface area contributed by atoms with E-state index in [0.29, 0.717) is 25.2 Å². The highest BCUT2D eigenvalue weighted by Crippen LogP contribution is 2.30. The first kappa shape index (κ1) is 16.3. The molecule has 134 valence electrons. The van der Waals surface area contributed by atoms with E-state index in [4.69, 9.17) is 4.74 Å². The van der Waals surface area contributed by atoms with Crippen LogP contribution in [0, 0.1) is 0 Å². The highest BCUT2D eigenvalue weighted by Gasteiger charge is 2.48. The van der Waals surface area contributed by atoms with E-state index in [1.807, 2.05) is 23.1 Å². The van der Waals surface area contributed by atoms with E-state index in [-0.39, 0.29) is 18.2 Å². The molecule has 2 aromatic heterocycles. The van der Waals surface area contributed by atoms with Crippen molar-refractivity contribution in [2.45, 2.75) is 18.7 Å². The molecular weight excluding hydrogens is 336 g/mol. The molecule has 2 aliphatic heterocycles. The van der Waals surface area contributed by atoms with Gasteiger partial charge in [0.2, 0.25) is 0 Å². The first-order valence-electron chi connectivity index (χ1n) is 8.32. The lowest BCUT2D eigenvalue weighted by molar-refractivity contribution is 0.0600. The summed E-state index contributed by atoms with van der Waals surface area (Å²) in [4.78, 5) is 36.1. The van der Waals surface area contributed by atoms with Crippen molar-refractivity contribution < 1.29 is 19.1 Å². The molecular formula is C18H18N4O4. The third-order valence-corrected chi connectivity index (χ3v) is 4.68. The van der Waals surface area contributed by atoms with Crippen molar-refractivity contribution in [3.63, 3.8) is 0 Å². The van der Waals surface area contributed by atoms with Gasteiger partial charge in [-0.2, -0.15) is 0 Å². The third kappa shape index (κ3) is 2.94. The maximum Gasteiger partial charge on any atom is 0.410 e. The summed E-state index contributed by atoms with van der Waals surface area (Å²) in [6.07, 6.45) is 2.70. The van der Waals surface area contributed by atoms with E-state index in [9.17, 15) is 9.59 Å². The topological polar surface area (TPSA) is 84.9 Å². The molecule has 4 rings (SSSR count). The zero-order valence-corrected chi connectivity index (χ0v) is 14.2. The summed E-state index contributed by atoms with van der Waals surface area (Å²) in [5.41, 5.74) is 1.22. The molecule has 26 heavy (non-hydrogen) atoms. The number of amides is 1. The largest absolute Gasteiger partial charge is 0.465 e. The van der Waals surface area contributed by atoms with Crippen LogP contribution in [0.2, 0.25) is 0 Å². The Morgan fingerprint density at radius 3 is 2.85 bits per heavy atom. The Balaban J connectivity index is 1.47. The van der Waals surface area contributed by atoms with Gasteiger partial charge in [-0.25, -0.2) is 14.6 Å². The number of methoxy groups -OCH3 is 1. The van der Waals surface area contributed by atoms with Crippen molar-refractivity contribution in [2.75, 3.05) is 25.1 Å². The minimum absolute atomic E-state index is 0.0495. The van der Waals surface area contributed by atoms with Gasteiger partial charge < -0.3 is 14.4 Å². The Morgan fingerprint density at radius 1 is 1.27 bits per heavy atom. The van der Waals surface area contributed by atoms with Crippen molar-refractivity contribution in [1.29, 1.82) is 0 Å². The van der Waals surface area contributed by atoms with Gasteiger partial charge in [0.05, 0.1) is 37.5 Å². The third-order valence-electron chi connectivity index (χ3n) is 4.68. The fourth-order valence-corrected chi connectivity index (χ4v) is 3.35. The Hall–Kier alpha value is -3.16. The van der Waals surface area contributed by atoms with Gasteiger partial charge in [-0.1, -0.05) is 6.07 Å². The number of nitrogens with zero attached hydrogens (tertiary/aromatic N) is 4. The van der Waals surface area contributed by atoms with Crippen molar-refractivity contribution in [3.8, 4) is 0 Å². The number of fused-ring (bicyclic) bond motifs is 1. The van der Waals surface area contributed by atoms with E-state index >= 15 is 0 Å². The average molecular weight is 354 g/mol. The minimum Gasteiger partial charge on any atom is -0.465 e. The number of rotatable bonds is 4. The smallest absolute Gasteiger partial charge is 0.410 e. The number of hydrogen-bond acceptors (Lipinski definition) is 7. The molecule has 4 heterocycles. The molecule has 0 N–H and O–H groups in total. The molecule has 2 aromatic rings. The van der Waals surface area contributed by atoms with Crippen LogP contribution in [-0.2, 0) is 16.0 Å². The SMILES string of the molecule is COC(=O)c1ccc(N2C[C@H]3OC(=O)N(Cc4ccccn4)[C@H]3C2)nc1. The maximum atomic E-state index is 12.2. The summed E-state index contributed by atoms with van der Waals surface area (Å²) >= 11 is 0. The number of pyridine rings is 2. The second-order valence-electron chi connectivity index (χ2n) is 6.24. The molecule has 1 amide bonds. The molecule has 0 aromatic carbocycles. The van der Waals surface area contributed by atoms with Crippen LogP contribution in [0.15, 0.2) is 42.7 Å². The maximum absolute atomic E-state index is 12.2. The fraction of sp³-hybridized carbons (Fsp3) is 0.333. The monoisotopic (exact) mass is 354 g/mol. The molecule has 8 heteroatoms. The summed E-state index contributed by atoms with van der Waals surface area (Å²) < 4.78 is 10.2. The van der Waals surface area contributed by atoms with E-state index in [2.05, 4.69) is 14.7 Å². The van der Waals surface area contributed by atoms with Crippen molar-refractivity contribution in [1.82, 2.24) is 14.9 Å². The standard InChI is InChI=1S/C18H18N4O4/c1-25-17(23)12-5-6-16(20-8-12)21-10-14-15(11-21)26-18(24)22(14)9-13-4-2-3-7-19-13/h2-8,14-15H,9-11H2,1H3/t14-,15+/m0/s1. The molecule has 0 spiro atoms. The molecule has 0 radical (unpaired) electrons. The molecule has 0 saturated carbocycles. The highest BCUT2D eigenvalue weighted by atomic mass is 16.6. The van der Waals surface area contributed by atoms with Crippen molar-refractivity contribution >= 4 is 17.9 Å². The molecule has 2 atom stereocenters. The molecule has 0 unspecified atom stereocenters. The number of carbonyl (C=O) groups is 2. The van der Waals surface area contributed by atoms with Crippen LogP contribution in [0.3, 0.4) is 0 Å². The molecule has 2 saturated heterocycles. The predicted octanol–water partition coefficient (Wildman–Crippen LogP) is 1.47. The minimum atomic E-state index is -0.419. The molecule has 2 fully saturated rings. The Kier molecular flexibility index (Phi) is 4.16. The lowest BCUT2D eigenvalue weighted by Crippen LogP contribution is -2.37. The van der Waals surface area contributed by atoms with Gasteiger partial charge in [0.15, 0.2) is 0 Å². The summed E-state index contributed by atoms with van der Waals surface area (Å²) in [7, 11) is 1.34. The molecule has 2 aliphatic rings. The number of anilines is 1. The number of aromatic nitrogens is 2. The van der Waals surface area contributed by atoms with Crippen LogP contribution < -0.4 is 4.90 Å². The predicted molar refractivity (Wildman–Crippen MR) is 91.6 cm³/mol. The van der Waals surface area contributed by atoms with Gasteiger partial charge in [0.25, 0.3) is 0 Å². The van der Waals surface area contributed by atoms with Crippen LogP contribution in [0.1, 0.15) is 16.1 Å². The summed E-state index contributed by atoms with van der Waals surface area (Å²) in [6.45, 7) is 1.61. The fourth-order valence-electron chi connectivity index (χ4n) is 3.35. The number of hydrogen-bond donors (Lipinski definition) is 0. The first-order chi connectivity index (χ1) is 12.7. The van der Waals surface area contributed by atoms with Crippen LogP contribution in [0.5, 0.6) is 0 Å². The second-order valence-corrected chi connectivity index (χ2v) is 6.24. The normalized spacial score (nSPS) is 21.5. The van der Waals surface area contributed by atoms with Crippen LogP contribution >= 0.6 is 0 Å². The number of carbonyl (C=O) groups excluding carboxylic acids is 2. The van der Waals surface area contributed by atoms with Gasteiger partial charge in [0, 0.05) is 18.9 Å². The summed E-state index contributed by atoms with van der Waals surface area (Å²) in [5.74, 6) is 0.318. The van der Waals surface area contributed by atoms with Crippen LogP contribution in [-0.4, -0.2) is 59.3 Å². The summed E-state index contributed by atoms with van der Waals surface area (Å²) in [5, 5.41) is 0. The quantitative estimate of drug-likeness (QED) is 0.769. The van der Waals surface area contributed by atoms with Gasteiger partial charge in [-0.05, 0) is 24.3 Å². The van der Waals surface area contributed by atoms with E-state index in [0.717, 1.165) is 11.5 Å². The molecule has 0 aliphatic carbocycles. The van der Waals surface area contributed by atoms with Crippen molar-refractivity contribution in [3.05, 3.63) is 54.0 Å².